The highest BCUT2D eigenvalue weighted by Gasteiger charge is 2.02. The van der Waals surface area contributed by atoms with Gasteiger partial charge in [-0.1, -0.05) is 11.6 Å². The van der Waals surface area contributed by atoms with E-state index in [1.54, 1.807) is 31.2 Å². The van der Waals surface area contributed by atoms with Crippen LogP contribution in [-0.4, -0.2) is 34.6 Å². The molecule has 2 N–H and O–H groups in total. The zero-order valence-corrected chi connectivity index (χ0v) is 11.7. The molecule has 0 saturated carbocycles. The molecule has 1 aromatic rings. The summed E-state index contributed by atoms with van der Waals surface area (Å²) < 4.78 is 2.64. The number of hydrogen-bond acceptors (Lipinski definition) is 5. The molecule has 1 rings (SSSR count). The van der Waals surface area contributed by atoms with Crippen molar-refractivity contribution in [1.29, 1.82) is 0 Å². The molecule has 1 aromatic heterocycles. The van der Waals surface area contributed by atoms with E-state index in [2.05, 4.69) is 20.0 Å². The summed E-state index contributed by atoms with van der Waals surface area (Å²) in [5.74, 6) is 2.46. The predicted molar refractivity (Wildman–Crippen MR) is 73.3 cm³/mol. The fourth-order valence-electron chi connectivity index (χ4n) is 0.884. The minimum atomic E-state index is -0.183. The Morgan fingerprint density at radius 2 is 2.18 bits per heavy atom. The van der Waals surface area contributed by atoms with Crippen LogP contribution in [0.3, 0.4) is 0 Å². The van der Waals surface area contributed by atoms with Gasteiger partial charge < -0.3 is 5.32 Å². The van der Waals surface area contributed by atoms with Crippen LogP contribution >= 0.6 is 35.3 Å². The van der Waals surface area contributed by atoms with Crippen molar-refractivity contribution >= 4 is 41.3 Å². The van der Waals surface area contributed by atoms with Crippen LogP contribution in [0.5, 0.6) is 0 Å². The standard InChI is InChI=1S/C9H13ClN4OS2/c1-11-9(15)14-17-5-4-16-6-7-8(10)13-3-2-12-7/h2-3H,4-6H2,1H3,(H2,11,14,15). The zero-order chi connectivity index (χ0) is 12.5. The number of aromatic nitrogens is 2. The van der Waals surface area contributed by atoms with Crippen LogP contribution in [0.4, 0.5) is 4.79 Å². The Morgan fingerprint density at radius 1 is 1.41 bits per heavy atom. The molecule has 8 heteroatoms. The second-order valence-electron chi connectivity index (χ2n) is 2.88. The number of thioether (sulfide) groups is 1. The molecule has 0 spiro atoms. The third-order valence-corrected chi connectivity index (χ3v) is 3.97. The predicted octanol–water partition coefficient (Wildman–Crippen LogP) is 1.94. The summed E-state index contributed by atoms with van der Waals surface area (Å²) >= 11 is 8.94. The van der Waals surface area contributed by atoms with Gasteiger partial charge in [-0.25, -0.2) is 9.78 Å². The van der Waals surface area contributed by atoms with Crippen molar-refractivity contribution in [3.05, 3.63) is 23.2 Å². The van der Waals surface area contributed by atoms with Gasteiger partial charge >= 0.3 is 6.03 Å². The number of carbonyl (C=O) groups excluding carboxylic acids is 1. The number of nitrogens with zero attached hydrogens (tertiary/aromatic N) is 2. The van der Waals surface area contributed by atoms with Crippen molar-refractivity contribution in [3.8, 4) is 0 Å². The van der Waals surface area contributed by atoms with Crippen LogP contribution in [0.1, 0.15) is 5.69 Å². The maximum atomic E-state index is 10.8. The maximum absolute atomic E-state index is 10.8. The highest BCUT2D eigenvalue weighted by molar-refractivity contribution is 8.01. The lowest BCUT2D eigenvalue weighted by atomic mass is 10.5. The Kier molecular flexibility index (Phi) is 7.14. The maximum Gasteiger partial charge on any atom is 0.324 e. The largest absolute Gasteiger partial charge is 0.341 e. The van der Waals surface area contributed by atoms with Gasteiger partial charge in [0.25, 0.3) is 0 Å². The van der Waals surface area contributed by atoms with Gasteiger partial charge in [0.05, 0.1) is 5.69 Å². The normalized spacial score (nSPS) is 10.0. The number of hydrogen-bond donors (Lipinski definition) is 2. The average Bonchev–Trinajstić information content (AvgIpc) is 2.35. The molecule has 0 aliphatic carbocycles. The topological polar surface area (TPSA) is 66.9 Å². The van der Waals surface area contributed by atoms with Gasteiger partial charge in [-0.15, -0.1) is 0 Å². The quantitative estimate of drug-likeness (QED) is 0.619. The molecule has 1 heterocycles. The summed E-state index contributed by atoms with van der Waals surface area (Å²) in [4.78, 5) is 18.9. The average molecular weight is 293 g/mol. The van der Waals surface area contributed by atoms with Crippen molar-refractivity contribution in [3.63, 3.8) is 0 Å². The Hall–Kier alpha value is -0.660. The zero-order valence-electron chi connectivity index (χ0n) is 9.27. The SMILES string of the molecule is CNC(=O)NSCCSCc1nccnc1Cl. The Morgan fingerprint density at radius 3 is 2.88 bits per heavy atom. The summed E-state index contributed by atoms with van der Waals surface area (Å²) in [6.45, 7) is 0. The molecule has 17 heavy (non-hydrogen) atoms. The van der Waals surface area contributed by atoms with E-state index in [1.807, 2.05) is 0 Å². The summed E-state index contributed by atoms with van der Waals surface area (Å²) in [7, 11) is 1.58. The molecule has 0 atom stereocenters. The molecule has 0 aromatic carbocycles. The van der Waals surface area contributed by atoms with Crippen LogP contribution < -0.4 is 10.0 Å². The fourth-order valence-corrected chi connectivity index (χ4v) is 2.82. The molecule has 0 radical (unpaired) electrons. The van der Waals surface area contributed by atoms with Crippen molar-refractivity contribution in [2.24, 2.45) is 0 Å². The first-order chi connectivity index (χ1) is 8.24. The molecule has 0 bridgehead atoms. The fraction of sp³-hybridized carbons (Fsp3) is 0.444. The third-order valence-electron chi connectivity index (χ3n) is 1.68. The lowest BCUT2D eigenvalue weighted by molar-refractivity contribution is 0.248. The first kappa shape index (κ1) is 14.4. The van der Waals surface area contributed by atoms with E-state index in [-0.39, 0.29) is 6.03 Å². The van der Waals surface area contributed by atoms with Crippen LogP contribution in [0, 0.1) is 0 Å². The van der Waals surface area contributed by atoms with Gasteiger partial charge in [0.15, 0.2) is 5.15 Å². The molecule has 0 saturated heterocycles. The molecular formula is C9H13ClN4OS2. The summed E-state index contributed by atoms with van der Waals surface area (Å²) in [5.41, 5.74) is 0.795. The van der Waals surface area contributed by atoms with E-state index in [0.29, 0.717) is 5.15 Å². The van der Waals surface area contributed by atoms with E-state index in [9.17, 15) is 4.79 Å². The molecule has 2 amide bonds. The second kappa shape index (κ2) is 8.43. The van der Waals surface area contributed by atoms with Gasteiger partial charge in [0.2, 0.25) is 0 Å². The molecule has 0 fully saturated rings. The van der Waals surface area contributed by atoms with E-state index in [4.69, 9.17) is 11.6 Å². The highest BCUT2D eigenvalue weighted by Crippen LogP contribution is 2.16. The Labute approximate surface area is 114 Å². The van der Waals surface area contributed by atoms with Crippen LogP contribution in [-0.2, 0) is 5.75 Å². The summed E-state index contributed by atoms with van der Waals surface area (Å²) in [6.07, 6.45) is 3.20. The van der Waals surface area contributed by atoms with Crippen LogP contribution in [0.2, 0.25) is 5.15 Å². The number of rotatable bonds is 6. The van der Waals surface area contributed by atoms with Crippen molar-refractivity contribution in [1.82, 2.24) is 20.0 Å². The van der Waals surface area contributed by atoms with Crippen LogP contribution in [0.15, 0.2) is 12.4 Å². The smallest absolute Gasteiger partial charge is 0.324 e. The minimum Gasteiger partial charge on any atom is -0.341 e. The number of halogens is 1. The number of nitrogens with one attached hydrogen (secondary N) is 2. The number of carbonyl (C=O) groups is 1. The van der Waals surface area contributed by atoms with E-state index < -0.39 is 0 Å². The van der Waals surface area contributed by atoms with E-state index >= 15 is 0 Å². The van der Waals surface area contributed by atoms with Crippen LogP contribution in [0.25, 0.3) is 0 Å². The molecule has 0 aliphatic rings. The first-order valence-corrected chi connectivity index (χ1v) is 7.38. The minimum absolute atomic E-state index is 0.183. The molecule has 94 valence electrons. The van der Waals surface area contributed by atoms with Crippen molar-refractivity contribution in [2.75, 3.05) is 18.6 Å². The lowest BCUT2D eigenvalue weighted by Gasteiger charge is -2.03. The van der Waals surface area contributed by atoms with Gasteiger partial charge in [-0.05, 0) is 11.9 Å². The van der Waals surface area contributed by atoms with Gasteiger partial charge in [0.1, 0.15) is 0 Å². The Balaban J connectivity index is 2.09. The number of urea groups is 1. The third kappa shape index (κ3) is 5.99. The Bertz CT molecular complexity index is 367. The lowest BCUT2D eigenvalue weighted by Crippen LogP contribution is -2.27. The molecule has 5 nitrogen and oxygen atoms in total. The second-order valence-corrected chi connectivity index (χ2v) is 5.24. The first-order valence-electron chi connectivity index (χ1n) is 4.86. The summed E-state index contributed by atoms with van der Waals surface area (Å²) in [5, 5.41) is 2.93. The van der Waals surface area contributed by atoms with Crippen molar-refractivity contribution in [2.45, 2.75) is 5.75 Å². The van der Waals surface area contributed by atoms with E-state index in [1.165, 1.54) is 11.9 Å². The van der Waals surface area contributed by atoms with E-state index in [0.717, 1.165) is 23.0 Å². The molecule has 0 aliphatic heterocycles. The number of amides is 2. The molecule has 0 unspecified atom stereocenters. The van der Waals surface area contributed by atoms with Gasteiger partial charge in [-0.3, -0.25) is 9.71 Å². The monoisotopic (exact) mass is 292 g/mol. The highest BCUT2D eigenvalue weighted by atomic mass is 35.5. The molecular weight excluding hydrogens is 280 g/mol. The van der Waals surface area contributed by atoms with Crippen molar-refractivity contribution < 1.29 is 4.79 Å². The van der Waals surface area contributed by atoms with Gasteiger partial charge in [0, 0.05) is 36.7 Å². The van der Waals surface area contributed by atoms with Gasteiger partial charge in [-0.2, -0.15) is 11.8 Å². The summed E-state index contributed by atoms with van der Waals surface area (Å²) in [6, 6.07) is -0.183.